The summed E-state index contributed by atoms with van der Waals surface area (Å²) in [7, 11) is 6.23. The summed E-state index contributed by atoms with van der Waals surface area (Å²) in [5.74, 6) is -0.826. The molecule has 0 unspecified atom stereocenters. The number of benzene rings is 1. The van der Waals surface area contributed by atoms with E-state index in [1.807, 2.05) is 26.1 Å². The van der Waals surface area contributed by atoms with Crippen molar-refractivity contribution in [1.82, 2.24) is 24.7 Å². The van der Waals surface area contributed by atoms with Gasteiger partial charge in [0.25, 0.3) is 0 Å². The van der Waals surface area contributed by atoms with Crippen LogP contribution in [0.15, 0.2) is 30.6 Å². The molecule has 8 nitrogen and oxygen atoms in total. The van der Waals surface area contributed by atoms with Gasteiger partial charge in [-0.2, -0.15) is 10.2 Å². The number of fused-ring (bicyclic) bond motifs is 2. The highest BCUT2D eigenvalue weighted by Gasteiger charge is 2.43. The van der Waals surface area contributed by atoms with Gasteiger partial charge in [-0.1, -0.05) is 0 Å². The molecule has 1 aromatic carbocycles. The molecule has 3 heterocycles. The molecule has 0 spiro atoms. The SMILES string of the molecule is Cc1c(F)c(N(C)C2CCC(N(C)C)CC2)c2[nH]ncc2c1-c1ccn2nc(NC(=O)[C@@H]3C[C@@H]3F)cc2c1. The Morgan fingerprint density at radius 3 is 2.55 bits per heavy atom. The molecule has 6 rings (SSSR count). The molecule has 0 aliphatic heterocycles. The normalized spacial score (nSPS) is 23.3. The highest BCUT2D eigenvalue weighted by Crippen LogP contribution is 2.41. The van der Waals surface area contributed by atoms with Gasteiger partial charge in [0.15, 0.2) is 11.6 Å². The zero-order valence-electron chi connectivity index (χ0n) is 22.1. The number of alkyl halides is 1. The summed E-state index contributed by atoms with van der Waals surface area (Å²) in [4.78, 5) is 16.5. The lowest BCUT2D eigenvalue weighted by molar-refractivity contribution is -0.117. The number of rotatable bonds is 6. The highest BCUT2D eigenvalue weighted by molar-refractivity contribution is 6.03. The third-order valence-electron chi connectivity index (χ3n) is 8.41. The van der Waals surface area contributed by atoms with Crippen molar-refractivity contribution < 1.29 is 13.6 Å². The van der Waals surface area contributed by atoms with Crippen LogP contribution in [0.25, 0.3) is 27.5 Å². The van der Waals surface area contributed by atoms with Gasteiger partial charge < -0.3 is 15.1 Å². The number of carbonyl (C=O) groups is 1. The second-order valence-electron chi connectivity index (χ2n) is 11.0. The van der Waals surface area contributed by atoms with E-state index in [0.29, 0.717) is 28.6 Å². The Hall–Kier alpha value is -3.53. The Morgan fingerprint density at radius 1 is 1.16 bits per heavy atom. The van der Waals surface area contributed by atoms with E-state index in [-0.39, 0.29) is 24.2 Å². The Kier molecular flexibility index (Phi) is 6.09. The summed E-state index contributed by atoms with van der Waals surface area (Å²) in [5.41, 5.74) is 4.14. The molecular formula is C28H33F2N7O. The Morgan fingerprint density at radius 2 is 1.87 bits per heavy atom. The second-order valence-corrected chi connectivity index (χ2v) is 11.0. The molecule has 38 heavy (non-hydrogen) atoms. The Balaban J connectivity index is 1.33. The quantitative estimate of drug-likeness (QED) is 0.376. The minimum absolute atomic E-state index is 0.250. The number of aromatic nitrogens is 4. The zero-order valence-corrected chi connectivity index (χ0v) is 22.1. The van der Waals surface area contributed by atoms with Gasteiger partial charge in [-0.25, -0.2) is 13.3 Å². The lowest BCUT2D eigenvalue weighted by Crippen LogP contribution is -2.41. The van der Waals surface area contributed by atoms with Crippen molar-refractivity contribution in [2.45, 2.75) is 57.3 Å². The van der Waals surface area contributed by atoms with E-state index in [4.69, 9.17) is 0 Å². The lowest BCUT2D eigenvalue weighted by Gasteiger charge is -2.38. The van der Waals surface area contributed by atoms with Crippen molar-refractivity contribution in [2.75, 3.05) is 31.4 Å². The van der Waals surface area contributed by atoms with E-state index >= 15 is 4.39 Å². The van der Waals surface area contributed by atoms with Crippen LogP contribution in [0.1, 0.15) is 37.7 Å². The largest absolute Gasteiger partial charge is 0.367 e. The van der Waals surface area contributed by atoms with E-state index in [9.17, 15) is 9.18 Å². The molecule has 2 aliphatic rings. The molecule has 4 aromatic rings. The number of hydrogen-bond donors (Lipinski definition) is 2. The van der Waals surface area contributed by atoms with Gasteiger partial charge >= 0.3 is 0 Å². The predicted octanol–water partition coefficient (Wildman–Crippen LogP) is 4.93. The minimum atomic E-state index is -1.07. The lowest BCUT2D eigenvalue weighted by atomic mass is 9.89. The molecule has 2 atom stereocenters. The summed E-state index contributed by atoms with van der Waals surface area (Å²) in [5, 5.41) is 15.3. The smallest absolute Gasteiger partial charge is 0.231 e. The van der Waals surface area contributed by atoms with E-state index < -0.39 is 12.1 Å². The summed E-state index contributed by atoms with van der Waals surface area (Å²) in [6.45, 7) is 1.81. The van der Waals surface area contributed by atoms with Crippen LogP contribution in [0.5, 0.6) is 0 Å². The van der Waals surface area contributed by atoms with Crippen molar-refractivity contribution in [3.05, 3.63) is 42.0 Å². The molecule has 200 valence electrons. The Labute approximate surface area is 220 Å². The summed E-state index contributed by atoms with van der Waals surface area (Å²) >= 11 is 0. The number of aromatic amines is 1. The monoisotopic (exact) mass is 521 g/mol. The summed E-state index contributed by atoms with van der Waals surface area (Å²) in [6, 6.07) is 6.36. The number of H-pyrrole nitrogens is 1. The van der Waals surface area contributed by atoms with Crippen LogP contribution in [-0.2, 0) is 4.79 Å². The molecular weight excluding hydrogens is 488 g/mol. The van der Waals surface area contributed by atoms with Gasteiger partial charge in [0.05, 0.1) is 28.8 Å². The molecule has 2 fully saturated rings. The number of amides is 1. The van der Waals surface area contributed by atoms with Crippen molar-refractivity contribution in [3.63, 3.8) is 0 Å². The van der Waals surface area contributed by atoms with Crippen molar-refractivity contribution in [3.8, 4) is 11.1 Å². The van der Waals surface area contributed by atoms with Crippen LogP contribution in [0, 0.1) is 18.7 Å². The molecule has 2 saturated carbocycles. The average Bonchev–Trinajstić information content (AvgIpc) is 3.25. The van der Waals surface area contributed by atoms with Crippen LogP contribution in [0.3, 0.4) is 0 Å². The number of nitrogens with zero attached hydrogens (tertiary/aromatic N) is 5. The zero-order chi connectivity index (χ0) is 26.7. The maximum Gasteiger partial charge on any atom is 0.231 e. The first kappa shape index (κ1) is 24.8. The van der Waals surface area contributed by atoms with Gasteiger partial charge in [-0.15, -0.1) is 0 Å². The van der Waals surface area contributed by atoms with Crippen molar-refractivity contribution >= 4 is 33.8 Å². The third-order valence-corrected chi connectivity index (χ3v) is 8.41. The van der Waals surface area contributed by atoms with E-state index in [2.05, 4.69) is 44.5 Å². The van der Waals surface area contributed by atoms with Crippen LogP contribution in [-0.4, -0.2) is 70.0 Å². The highest BCUT2D eigenvalue weighted by atomic mass is 19.1. The molecule has 3 aromatic heterocycles. The molecule has 2 aliphatic carbocycles. The fraction of sp³-hybridized carbons (Fsp3) is 0.464. The summed E-state index contributed by atoms with van der Waals surface area (Å²) in [6.07, 6.45) is 6.94. The van der Waals surface area contributed by atoms with Crippen LogP contribution >= 0.6 is 0 Å². The van der Waals surface area contributed by atoms with Gasteiger partial charge in [0.2, 0.25) is 5.91 Å². The maximum atomic E-state index is 16.1. The van der Waals surface area contributed by atoms with Gasteiger partial charge in [0.1, 0.15) is 6.17 Å². The first-order chi connectivity index (χ1) is 18.2. The van der Waals surface area contributed by atoms with Crippen LogP contribution < -0.4 is 10.2 Å². The number of nitrogens with one attached hydrogen (secondary N) is 2. The van der Waals surface area contributed by atoms with Gasteiger partial charge in [0, 0.05) is 36.8 Å². The second kappa shape index (κ2) is 9.34. The molecule has 1 amide bonds. The molecule has 0 bridgehead atoms. The number of halogens is 2. The average molecular weight is 522 g/mol. The fourth-order valence-corrected chi connectivity index (χ4v) is 5.97. The molecule has 10 heteroatoms. The number of pyridine rings is 1. The van der Waals surface area contributed by atoms with E-state index in [1.165, 1.54) is 0 Å². The number of hydrogen-bond acceptors (Lipinski definition) is 5. The fourth-order valence-electron chi connectivity index (χ4n) is 5.97. The van der Waals surface area contributed by atoms with E-state index in [1.54, 1.807) is 23.0 Å². The number of anilines is 2. The Bertz CT molecular complexity index is 1520. The van der Waals surface area contributed by atoms with Crippen molar-refractivity contribution in [1.29, 1.82) is 0 Å². The standard InChI is InChI=1S/C28H33F2N7O/c1-15-24(16-9-10-37-19(11-16)12-23(34-37)32-28(38)20-13-22(20)29)21-14-31-33-26(21)27(25(15)30)36(4)18-7-5-17(6-8-18)35(2)3/h9-12,14,17-18,20,22H,5-8,13H2,1-4H3,(H,31,33)(H,32,34,38)/t17?,18?,20-,22+/m1/s1. The molecule has 2 N–H and O–H groups in total. The number of carbonyl (C=O) groups excluding carboxylic acids is 1. The minimum Gasteiger partial charge on any atom is -0.367 e. The summed E-state index contributed by atoms with van der Waals surface area (Å²) < 4.78 is 31.0. The first-order valence-electron chi connectivity index (χ1n) is 13.2. The first-order valence-corrected chi connectivity index (χ1v) is 13.2. The molecule has 0 saturated heterocycles. The molecule has 0 radical (unpaired) electrons. The maximum absolute atomic E-state index is 16.1. The predicted molar refractivity (Wildman–Crippen MR) is 145 cm³/mol. The van der Waals surface area contributed by atoms with E-state index in [0.717, 1.165) is 47.7 Å². The topological polar surface area (TPSA) is 81.6 Å². The van der Waals surface area contributed by atoms with Crippen LogP contribution in [0.2, 0.25) is 0 Å². The third kappa shape index (κ3) is 4.20. The van der Waals surface area contributed by atoms with Gasteiger partial charge in [-0.05, 0) is 81.9 Å². The van der Waals surface area contributed by atoms with Gasteiger partial charge in [-0.3, -0.25) is 9.89 Å². The van der Waals surface area contributed by atoms with Crippen molar-refractivity contribution in [2.24, 2.45) is 5.92 Å². The van der Waals surface area contributed by atoms with Crippen LogP contribution in [0.4, 0.5) is 20.3 Å².